The molecule has 6 heteroatoms. The minimum absolute atomic E-state index is 0.192. The van der Waals surface area contributed by atoms with E-state index in [1.165, 1.54) is 0 Å². The summed E-state index contributed by atoms with van der Waals surface area (Å²) < 4.78 is 28.9. The molecule has 0 spiro atoms. The Morgan fingerprint density at radius 2 is 1.78 bits per heavy atom. The number of hydrogen-bond acceptors (Lipinski definition) is 6. The molecule has 3 heterocycles. The summed E-state index contributed by atoms with van der Waals surface area (Å²) >= 11 is 0. The average Bonchev–Trinajstić information content (AvgIpc) is 2.70. The molecule has 0 aliphatic carbocycles. The van der Waals surface area contributed by atoms with E-state index in [4.69, 9.17) is 23.7 Å². The second kappa shape index (κ2) is 3.65. The topological polar surface area (TPSA) is 66.4 Å². The Labute approximate surface area is 106 Å². The van der Waals surface area contributed by atoms with Crippen LogP contribution in [0.15, 0.2) is 0 Å². The molecule has 18 heavy (non-hydrogen) atoms. The molecule has 104 valence electrons. The van der Waals surface area contributed by atoms with E-state index < -0.39 is 23.5 Å². The van der Waals surface area contributed by atoms with Crippen molar-refractivity contribution >= 4 is 0 Å². The van der Waals surface area contributed by atoms with Crippen LogP contribution in [0, 0.1) is 0 Å². The van der Waals surface area contributed by atoms with Crippen LogP contribution in [-0.4, -0.2) is 54.0 Å². The summed E-state index contributed by atoms with van der Waals surface area (Å²) in [5.41, 5.74) is 0. The molecule has 0 radical (unpaired) electrons. The molecule has 6 nitrogen and oxygen atoms in total. The van der Waals surface area contributed by atoms with Crippen LogP contribution < -0.4 is 0 Å². The maximum absolute atomic E-state index is 9.61. The Morgan fingerprint density at radius 1 is 1.06 bits per heavy atom. The quantitative estimate of drug-likeness (QED) is 0.735. The first-order valence-corrected chi connectivity index (χ1v) is 6.25. The van der Waals surface area contributed by atoms with E-state index in [0.29, 0.717) is 6.61 Å². The van der Waals surface area contributed by atoms with Crippen molar-refractivity contribution in [3.63, 3.8) is 0 Å². The van der Waals surface area contributed by atoms with Gasteiger partial charge in [-0.25, -0.2) is 0 Å². The van der Waals surface area contributed by atoms with Crippen LogP contribution in [-0.2, 0) is 23.7 Å². The lowest BCUT2D eigenvalue weighted by Crippen LogP contribution is -2.60. The van der Waals surface area contributed by atoms with E-state index >= 15 is 0 Å². The minimum Gasteiger partial charge on any atom is -0.391 e. The third-order valence-corrected chi connectivity index (χ3v) is 3.50. The fourth-order valence-electron chi connectivity index (χ4n) is 2.96. The Morgan fingerprint density at radius 3 is 2.44 bits per heavy atom. The summed E-state index contributed by atoms with van der Waals surface area (Å²) in [6, 6.07) is 0. The lowest BCUT2D eigenvalue weighted by atomic mass is 9.98. The van der Waals surface area contributed by atoms with Gasteiger partial charge >= 0.3 is 0 Å². The first kappa shape index (κ1) is 12.8. The van der Waals surface area contributed by atoms with Crippen molar-refractivity contribution in [2.24, 2.45) is 0 Å². The van der Waals surface area contributed by atoms with Gasteiger partial charge in [0.2, 0.25) is 5.79 Å². The van der Waals surface area contributed by atoms with E-state index in [9.17, 15) is 5.11 Å². The highest BCUT2D eigenvalue weighted by atomic mass is 16.9. The molecule has 0 aromatic heterocycles. The molecule has 3 rings (SSSR count). The molecular formula is C12H20O6. The molecule has 0 saturated carbocycles. The molecule has 0 unspecified atom stereocenters. The summed E-state index contributed by atoms with van der Waals surface area (Å²) in [4.78, 5) is 0. The van der Waals surface area contributed by atoms with E-state index in [1.54, 1.807) is 13.8 Å². The second-order valence-corrected chi connectivity index (χ2v) is 5.96. The zero-order valence-corrected chi connectivity index (χ0v) is 11.1. The molecule has 1 N–H and O–H groups in total. The molecule has 0 amide bonds. The van der Waals surface area contributed by atoms with Gasteiger partial charge in [-0.05, 0) is 27.7 Å². The zero-order chi connectivity index (χ0) is 13.2. The van der Waals surface area contributed by atoms with Crippen LogP contribution in [0.1, 0.15) is 27.7 Å². The van der Waals surface area contributed by atoms with Crippen molar-refractivity contribution in [1.29, 1.82) is 0 Å². The molecule has 0 aromatic carbocycles. The molecule has 0 bridgehead atoms. The highest BCUT2D eigenvalue weighted by Crippen LogP contribution is 2.47. The number of hydrogen-bond donors (Lipinski definition) is 1. The normalized spacial score (nSPS) is 48.8. The molecule has 3 saturated heterocycles. The number of fused-ring (bicyclic) bond motifs is 3. The third kappa shape index (κ3) is 1.79. The van der Waals surface area contributed by atoms with Gasteiger partial charge in [-0.2, -0.15) is 0 Å². The van der Waals surface area contributed by atoms with Gasteiger partial charge in [-0.1, -0.05) is 0 Å². The average molecular weight is 260 g/mol. The Balaban J connectivity index is 1.90. The number of ether oxygens (including phenoxy) is 5. The van der Waals surface area contributed by atoms with Crippen LogP contribution in [0.2, 0.25) is 0 Å². The van der Waals surface area contributed by atoms with Crippen molar-refractivity contribution in [3.8, 4) is 0 Å². The summed E-state index contributed by atoms with van der Waals surface area (Å²) in [5.74, 6) is -2.62. The van der Waals surface area contributed by atoms with Crippen LogP contribution in [0.25, 0.3) is 0 Å². The summed E-state index contributed by atoms with van der Waals surface area (Å²) in [6.45, 7) is 7.35. The van der Waals surface area contributed by atoms with Crippen molar-refractivity contribution < 1.29 is 28.8 Å². The summed E-state index contributed by atoms with van der Waals surface area (Å²) in [6.07, 6.45) is -0.970. The van der Waals surface area contributed by atoms with Crippen LogP contribution in [0.5, 0.6) is 0 Å². The van der Waals surface area contributed by atoms with Crippen molar-refractivity contribution in [3.05, 3.63) is 0 Å². The standard InChI is InChI=1S/C12H20O6/c1-10(2)15-7-5-14-12(6-13)9(8(7)16-10)17-11(3,4)18-12/h7-9,13H,5-6H2,1-4H3/t7-,8+,9-,12-/m1/s1. The first-order valence-electron chi connectivity index (χ1n) is 6.25. The van der Waals surface area contributed by atoms with Crippen LogP contribution in [0.4, 0.5) is 0 Å². The first-order chi connectivity index (χ1) is 8.27. The van der Waals surface area contributed by atoms with Gasteiger partial charge in [0.05, 0.1) is 6.61 Å². The van der Waals surface area contributed by atoms with Gasteiger partial charge in [0.25, 0.3) is 0 Å². The van der Waals surface area contributed by atoms with E-state index in [1.807, 2.05) is 13.8 Å². The molecule has 3 aliphatic heterocycles. The van der Waals surface area contributed by atoms with Crippen molar-refractivity contribution in [2.45, 2.75) is 63.4 Å². The van der Waals surface area contributed by atoms with E-state index in [-0.39, 0.29) is 18.8 Å². The lowest BCUT2D eigenvalue weighted by Gasteiger charge is -2.39. The number of rotatable bonds is 1. The van der Waals surface area contributed by atoms with Gasteiger partial charge in [0, 0.05) is 0 Å². The Kier molecular flexibility index (Phi) is 2.59. The fourth-order valence-corrected chi connectivity index (χ4v) is 2.96. The van der Waals surface area contributed by atoms with E-state index in [0.717, 1.165) is 0 Å². The largest absolute Gasteiger partial charge is 0.391 e. The van der Waals surface area contributed by atoms with Gasteiger partial charge in [0.15, 0.2) is 11.6 Å². The monoisotopic (exact) mass is 260 g/mol. The summed E-state index contributed by atoms with van der Waals surface area (Å²) in [7, 11) is 0. The van der Waals surface area contributed by atoms with Gasteiger partial charge in [0.1, 0.15) is 24.9 Å². The highest BCUT2D eigenvalue weighted by molar-refractivity contribution is 5.03. The van der Waals surface area contributed by atoms with Gasteiger partial charge in [-0.3, -0.25) is 0 Å². The summed E-state index contributed by atoms with van der Waals surface area (Å²) in [5, 5.41) is 9.61. The molecule has 3 fully saturated rings. The molecule has 0 aromatic rings. The number of aliphatic hydroxyl groups is 1. The minimum atomic E-state index is -1.14. The zero-order valence-electron chi connectivity index (χ0n) is 11.1. The molecule has 4 atom stereocenters. The highest BCUT2D eigenvalue weighted by Gasteiger charge is 2.65. The lowest BCUT2D eigenvalue weighted by molar-refractivity contribution is -0.294. The molecule has 3 aliphatic rings. The second-order valence-electron chi connectivity index (χ2n) is 5.96. The van der Waals surface area contributed by atoms with E-state index in [2.05, 4.69) is 0 Å². The number of aliphatic hydroxyl groups excluding tert-OH is 1. The van der Waals surface area contributed by atoms with Crippen molar-refractivity contribution in [2.75, 3.05) is 13.2 Å². The van der Waals surface area contributed by atoms with Crippen molar-refractivity contribution in [1.82, 2.24) is 0 Å². The fraction of sp³-hybridized carbons (Fsp3) is 1.00. The van der Waals surface area contributed by atoms with Gasteiger partial charge < -0.3 is 28.8 Å². The maximum Gasteiger partial charge on any atom is 0.224 e. The Hall–Kier alpha value is -0.240. The smallest absolute Gasteiger partial charge is 0.224 e. The third-order valence-electron chi connectivity index (χ3n) is 3.50. The SMILES string of the molecule is CC1(C)O[C@@H]2[C@H]3OC(C)(C)O[C@@]3(CO)OC[C@H]2O1. The Bertz CT molecular complexity index is 354. The van der Waals surface area contributed by atoms with Crippen LogP contribution >= 0.6 is 0 Å². The van der Waals surface area contributed by atoms with Crippen LogP contribution in [0.3, 0.4) is 0 Å². The predicted molar refractivity (Wildman–Crippen MR) is 59.6 cm³/mol. The molecular weight excluding hydrogens is 240 g/mol. The predicted octanol–water partition coefficient (Wildman–Crippen LogP) is 0.377. The maximum atomic E-state index is 9.61. The van der Waals surface area contributed by atoms with Gasteiger partial charge in [-0.15, -0.1) is 0 Å².